The van der Waals surface area contributed by atoms with Crippen molar-refractivity contribution in [1.82, 2.24) is 4.98 Å². The fourth-order valence-corrected chi connectivity index (χ4v) is 3.08. The van der Waals surface area contributed by atoms with Crippen molar-refractivity contribution in [2.45, 2.75) is 0 Å². The smallest absolute Gasteiger partial charge is 0.258 e. The summed E-state index contributed by atoms with van der Waals surface area (Å²) in [4.78, 5) is 24.9. The molecule has 0 aliphatic rings. The van der Waals surface area contributed by atoms with Gasteiger partial charge in [0.1, 0.15) is 11.1 Å². The molecule has 1 heterocycles. The van der Waals surface area contributed by atoms with E-state index >= 15 is 0 Å². The lowest BCUT2D eigenvalue weighted by Gasteiger charge is -1.97. The largest absolute Gasteiger partial charge is 0.269 e. The summed E-state index contributed by atoms with van der Waals surface area (Å²) in [5.74, 6) is 0. The number of hydrogen-bond acceptors (Lipinski definition) is 7. The number of non-ortho nitro benzene ring substituents is 2. The van der Waals surface area contributed by atoms with Crippen molar-refractivity contribution in [2.24, 2.45) is 0 Å². The molecule has 8 nitrogen and oxygen atoms in total. The van der Waals surface area contributed by atoms with Gasteiger partial charge in [-0.05, 0) is 35.9 Å². The normalized spacial score (nSPS) is 11.0. The lowest BCUT2D eigenvalue weighted by Crippen LogP contribution is -1.88. The van der Waals surface area contributed by atoms with E-state index in [9.17, 15) is 25.5 Å². The standard InChI is InChI=1S/C18H10N4O4S/c19-10-14(9-12-1-5-15(6-2-12)21(23)24)18-20-17(11-27-18)13-3-7-16(8-4-13)22(25)26/h1-9,11H/b14-9-. The number of thiazole rings is 1. The van der Waals surface area contributed by atoms with Crippen molar-refractivity contribution < 1.29 is 9.85 Å². The minimum atomic E-state index is -0.490. The number of nitrogens with zero attached hydrogens (tertiary/aromatic N) is 4. The quantitative estimate of drug-likeness (QED) is 0.360. The number of nitro groups is 2. The summed E-state index contributed by atoms with van der Waals surface area (Å²) >= 11 is 1.27. The molecular weight excluding hydrogens is 368 g/mol. The van der Waals surface area contributed by atoms with Crippen LogP contribution < -0.4 is 0 Å². The first-order chi connectivity index (χ1) is 13.0. The maximum absolute atomic E-state index is 10.7. The van der Waals surface area contributed by atoms with Gasteiger partial charge in [0.15, 0.2) is 0 Å². The van der Waals surface area contributed by atoms with Crippen LogP contribution in [0.2, 0.25) is 0 Å². The molecule has 2 aromatic carbocycles. The summed E-state index contributed by atoms with van der Waals surface area (Å²) in [5, 5.41) is 33.1. The number of aromatic nitrogens is 1. The first kappa shape index (κ1) is 17.9. The summed E-state index contributed by atoms with van der Waals surface area (Å²) in [6.45, 7) is 0. The second-order valence-electron chi connectivity index (χ2n) is 5.36. The van der Waals surface area contributed by atoms with Crippen LogP contribution in [-0.4, -0.2) is 14.8 Å². The molecule has 0 aliphatic carbocycles. The van der Waals surface area contributed by atoms with Gasteiger partial charge < -0.3 is 0 Å². The molecule has 3 rings (SSSR count). The molecular formula is C18H10N4O4S. The molecule has 0 saturated carbocycles. The average molecular weight is 378 g/mol. The van der Waals surface area contributed by atoms with Crippen LogP contribution in [-0.2, 0) is 0 Å². The maximum Gasteiger partial charge on any atom is 0.269 e. The molecule has 0 atom stereocenters. The Balaban J connectivity index is 1.87. The number of allylic oxidation sites excluding steroid dienone is 1. The van der Waals surface area contributed by atoms with E-state index in [-0.39, 0.29) is 11.4 Å². The molecule has 9 heteroatoms. The molecule has 0 fully saturated rings. The first-order valence-corrected chi connectivity index (χ1v) is 8.43. The van der Waals surface area contributed by atoms with Crippen LogP contribution in [0.4, 0.5) is 11.4 Å². The van der Waals surface area contributed by atoms with E-state index in [0.717, 1.165) is 0 Å². The van der Waals surface area contributed by atoms with E-state index in [2.05, 4.69) is 11.1 Å². The zero-order valence-corrected chi connectivity index (χ0v) is 14.4. The van der Waals surface area contributed by atoms with E-state index in [1.807, 2.05) is 0 Å². The van der Waals surface area contributed by atoms with Crippen molar-refractivity contribution in [1.29, 1.82) is 5.26 Å². The predicted octanol–water partition coefficient (Wildman–Crippen LogP) is 4.69. The Hall–Kier alpha value is -3.90. The Bertz CT molecular complexity index is 1080. The van der Waals surface area contributed by atoms with Crippen LogP contribution in [0, 0.1) is 31.6 Å². The third kappa shape index (κ3) is 4.02. The molecule has 0 saturated heterocycles. The van der Waals surface area contributed by atoms with Gasteiger partial charge in [0.05, 0.1) is 21.1 Å². The van der Waals surface area contributed by atoms with Gasteiger partial charge in [-0.2, -0.15) is 5.26 Å². The molecule has 0 bridgehead atoms. The number of nitro benzene ring substituents is 2. The van der Waals surface area contributed by atoms with Gasteiger partial charge in [-0.3, -0.25) is 20.2 Å². The third-order valence-electron chi connectivity index (χ3n) is 3.64. The molecule has 3 aromatic rings. The number of hydrogen-bond donors (Lipinski definition) is 0. The van der Waals surface area contributed by atoms with E-state index in [4.69, 9.17) is 0 Å². The Labute approximate surface area is 157 Å². The highest BCUT2D eigenvalue weighted by Gasteiger charge is 2.11. The molecule has 27 heavy (non-hydrogen) atoms. The van der Waals surface area contributed by atoms with E-state index < -0.39 is 9.85 Å². The molecule has 132 valence electrons. The molecule has 0 radical (unpaired) electrons. The van der Waals surface area contributed by atoms with Crippen LogP contribution in [0.1, 0.15) is 10.6 Å². The van der Waals surface area contributed by atoms with E-state index in [1.54, 1.807) is 35.7 Å². The summed E-state index contributed by atoms with van der Waals surface area (Å²) in [6.07, 6.45) is 1.60. The van der Waals surface area contributed by atoms with Gasteiger partial charge >= 0.3 is 0 Å². The van der Waals surface area contributed by atoms with E-state index in [1.165, 1.54) is 35.6 Å². The number of benzene rings is 2. The van der Waals surface area contributed by atoms with Gasteiger partial charge in [0.25, 0.3) is 11.4 Å². The summed E-state index contributed by atoms with van der Waals surface area (Å²) in [6, 6.07) is 13.9. The fourth-order valence-electron chi connectivity index (χ4n) is 2.28. The monoisotopic (exact) mass is 378 g/mol. The van der Waals surface area contributed by atoms with Gasteiger partial charge in [-0.1, -0.05) is 0 Å². The lowest BCUT2D eigenvalue weighted by atomic mass is 10.1. The highest BCUT2D eigenvalue weighted by Crippen LogP contribution is 2.28. The first-order valence-electron chi connectivity index (χ1n) is 7.55. The van der Waals surface area contributed by atoms with Crippen molar-refractivity contribution >= 4 is 34.4 Å². The summed E-state index contributed by atoms with van der Waals surface area (Å²) in [5.41, 5.74) is 2.24. The predicted molar refractivity (Wildman–Crippen MR) is 101 cm³/mol. The lowest BCUT2D eigenvalue weighted by molar-refractivity contribution is -0.385. The average Bonchev–Trinajstić information content (AvgIpc) is 3.16. The van der Waals surface area contributed by atoms with Crippen LogP contribution in [0.15, 0.2) is 53.9 Å². The zero-order chi connectivity index (χ0) is 19.4. The SMILES string of the molecule is N#C/C(=C/c1ccc([N+](=O)[O-])cc1)c1nc(-c2ccc([N+](=O)[O-])cc2)cs1. The summed E-state index contributed by atoms with van der Waals surface area (Å²) < 4.78 is 0. The number of nitriles is 1. The Kier molecular flexibility index (Phi) is 5.01. The van der Waals surface area contributed by atoms with Crippen LogP contribution in [0.25, 0.3) is 22.9 Å². The second kappa shape index (κ2) is 7.55. The van der Waals surface area contributed by atoms with Crippen LogP contribution >= 0.6 is 11.3 Å². The molecule has 0 aliphatic heterocycles. The third-order valence-corrected chi connectivity index (χ3v) is 4.52. The van der Waals surface area contributed by atoms with E-state index in [0.29, 0.717) is 27.4 Å². The molecule has 0 N–H and O–H groups in total. The van der Waals surface area contributed by atoms with Crippen molar-refractivity contribution in [2.75, 3.05) is 0 Å². The summed E-state index contributed by atoms with van der Waals surface area (Å²) in [7, 11) is 0. The van der Waals surface area contributed by atoms with Gasteiger partial charge in [0.2, 0.25) is 0 Å². The Morgan fingerprint density at radius 2 is 1.56 bits per heavy atom. The van der Waals surface area contributed by atoms with Crippen LogP contribution in [0.3, 0.4) is 0 Å². The van der Waals surface area contributed by atoms with Crippen molar-refractivity contribution in [3.63, 3.8) is 0 Å². The zero-order valence-electron chi connectivity index (χ0n) is 13.6. The molecule has 0 unspecified atom stereocenters. The maximum atomic E-state index is 10.7. The van der Waals surface area contributed by atoms with Gasteiger partial charge in [-0.25, -0.2) is 4.98 Å². The molecule has 0 amide bonds. The second-order valence-corrected chi connectivity index (χ2v) is 6.22. The van der Waals surface area contributed by atoms with Crippen molar-refractivity contribution in [3.05, 3.63) is 84.7 Å². The van der Waals surface area contributed by atoms with Crippen molar-refractivity contribution in [3.8, 4) is 17.3 Å². The van der Waals surface area contributed by atoms with Gasteiger partial charge in [-0.15, -0.1) is 11.3 Å². The molecule has 0 spiro atoms. The molecule has 1 aromatic heterocycles. The highest BCUT2D eigenvalue weighted by atomic mass is 32.1. The van der Waals surface area contributed by atoms with Gasteiger partial charge in [0, 0.05) is 35.2 Å². The highest BCUT2D eigenvalue weighted by molar-refractivity contribution is 7.11. The minimum Gasteiger partial charge on any atom is -0.258 e. The number of rotatable bonds is 5. The fraction of sp³-hybridized carbons (Fsp3) is 0. The Morgan fingerprint density at radius 1 is 1.00 bits per heavy atom. The minimum absolute atomic E-state index is 0.00927. The van der Waals surface area contributed by atoms with Crippen LogP contribution in [0.5, 0.6) is 0 Å². The Morgan fingerprint density at radius 3 is 2.07 bits per heavy atom. The topological polar surface area (TPSA) is 123 Å².